The molecule has 0 aromatic heterocycles. The standard InChI is InChI=1S/C15H20O3/c1-15(2,13-10-17-13)11-18-14(16)9-8-12-6-4-3-5-7-12/h3-7,13H,8-11H2,1-2H3. The summed E-state index contributed by atoms with van der Waals surface area (Å²) in [4.78, 5) is 11.6. The second-order valence-electron chi connectivity index (χ2n) is 5.46. The average Bonchev–Trinajstić information content (AvgIpc) is 3.20. The zero-order valence-corrected chi connectivity index (χ0v) is 11.0. The molecule has 0 bridgehead atoms. The second-order valence-corrected chi connectivity index (χ2v) is 5.46. The van der Waals surface area contributed by atoms with Crippen LogP contribution in [-0.2, 0) is 20.7 Å². The van der Waals surface area contributed by atoms with Crippen molar-refractivity contribution in [2.24, 2.45) is 5.41 Å². The van der Waals surface area contributed by atoms with E-state index in [2.05, 4.69) is 13.8 Å². The minimum absolute atomic E-state index is 0.0671. The molecule has 1 unspecified atom stereocenters. The van der Waals surface area contributed by atoms with Crippen LogP contribution in [0.5, 0.6) is 0 Å². The molecule has 1 aliphatic heterocycles. The Bertz CT molecular complexity index is 393. The highest BCUT2D eigenvalue weighted by Crippen LogP contribution is 2.32. The lowest BCUT2D eigenvalue weighted by molar-refractivity contribution is -0.147. The van der Waals surface area contributed by atoms with Crippen LogP contribution in [-0.4, -0.2) is 25.3 Å². The van der Waals surface area contributed by atoms with E-state index in [-0.39, 0.29) is 17.5 Å². The van der Waals surface area contributed by atoms with E-state index >= 15 is 0 Å². The predicted octanol–water partition coefficient (Wildman–Crippen LogP) is 2.59. The third kappa shape index (κ3) is 3.84. The monoisotopic (exact) mass is 248 g/mol. The van der Waals surface area contributed by atoms with E-state index in [0.29, 0.717) is 13.0 Å². The topological polar surface area (TPSA) is 38.8 Å². The van der Waals surface area contributed by atoms with Crippen molar-refractivity contribution in [3.05, 3.63) is 35.9 Å². The Morgan fingerprint density at radius 2 is 2.06 bits per heavy atom. The molecule has 2 rings (SSSR count). The lowest BCUT2D eigenvalue weighted by Gasteiger charge is -2.21. The Hall–Kier alpha value is -1.35. The third-order valence-electron chi connectivity index (χ3n) is 3.27. The molecule has 0 spiro atoms. The first kappa shape index (κ1) is 13.1. The normalized spacial score (nSPS) is 18.4. The summed E-state index contributed by atoms with van der Waals surface area (Å²) in [7, 11) is 0. The Balaban J connectivity index is 1.69. The minimum Gasteiger partial charge on any atom is -0.465 e. The van der Waals surface area contributed by atoms with Crippen LogP contribution in [0.15, 0.2) is 30.3 Å². The zero-order chi connectivity index (χ0) is 13.0. The van der Waals surface area contributed by atoms with Crippen molar-refractivity contribution in [2.75, 3.05) is 13.2 Å². The number of rotatable bonds is 6. The number of aryl methyl sites for hydroxylation is 1. The lowest BCUT2D eigenvalue weighted by atomic mass is 9.91. The maximum absolute atomic E-state index is 11.6. The summed E-state index contributed by atoms with van der Waals surface area (Å²) in [5, 5.41) is 0. The van der Waals surface area contributed by atoms with Gasteiger partial charge in [-0.15, -0.1) is 0 Å². The number of benzene rings is 1. The molecule has 0 radical (unpaired) electrons. The number of esters is 1. The Labute approximate surface area is 108 Å². The molecule has 1 atom stereocenters. The van der Waals surface area contributed by atoms with Gasteiger partial charge in [0.25, 0.3) is 0 Å². The van der Waals surface area contributed by atoms with Gasteiger partial charge in [-0.3, -0.25) is 4.79 Å². The molecule has 1 aromatic rings. The van der Waals surface area contributed by atoms with Crippen molar-refractivity contribution in [3.8, 4) is 0 Å². The number of hydrogen-bond acceptors (Lipinski definition) is 3. The predicted molar refractivity (Wildman–Crippen MR) is 69.2 cm³/mol. The van der Waals surface area contributed by atoms with Gasteiger partial charge in [0, 0.05) is 11.8 Å². The first-order valence-electron chi connectivity index (χ1n) is 6.39. The SMILES string of the molecule is CC(C)(COC(=O)CCc1ccccc1)C1CO1. The molecular weight excluding hydrogens is 228 g/mol. The van der Waals surface area contributed by atoms with E-state index < -0.39 is 0 Å². The van der Waals surface area contributed by atoms with E-state index in [9.17, 15) is 4.79 Å². The van der Waals surface area contributed by atoms with Gasteiger partial charge in [-0.25, -0.2) is 0 Å². The van der Waals surface area contributed by atoms with E-state index in [1.54, 1.807) is 0 Å². The van der Waals surface area contributed by atoms with E-state index in [1.165, 1.54) is 5.56 Å². The van der Waals surface area contributed by atoms with Gasteiger partial charge in [0.2, 0.25) is 0 Å². The number of hydrogen-bond donors (Lipinski definition) is 0. The quantitative estimate of drug-likeness (QED) is 0.573. The van der Waals surface area contributed by atoms with Gasteiger partial charge in [0.1, 0.15) is 0 Å². The maximum atomic E-state index is 11.6. The highest BCUT2D eigenvalue weighted by atomic mass is 16.6. The van der Waals surface area contributed by atoms with Crippen LogP contribution in [0.2, 0.25) is 0 Å². The first-order chi connectivity index (χ1) is 8.58. The summed E-state index contributed by atoms with van der Waals surface area (Å²) in [5.74, 6) is -0.132. The lowest BCUT2D eigenvalue weighted by Crippen LogP contribution is -2.27. The summed E-state index contributed by atoms with van der Waals surface area (Å²) < 4.78 is 10.6. The molecule has 1 heterocycles. The van der Waals surface area contributed by atoms with Crippen molar-refractivity contribution < 1.29 is 14.3 Å². The van der Waals surface area contributed by atoms with Crippen LogP contribution >= 0.6 is 0 Å². The number of epoxide rings is 1. The number of carbonyl (C=O) groups is 1. The molecule has 3 heteroatoms. The van der Waals surface area contributed by atoms with E-state index in [4.69, 9.17) is 9.47 Å². The van der Waals surface area contributed by atoms with E-state index in [1.807, 2.05) is 30.3 Å². The summed E-state index contributed by atoms with van der Waals surface area (Å²) >= 11 is 0. The van der Waals surface area contributed by atoms with Gasteiger partial charge < -0.3 is 9.47 Å². The smallest absolute Gasteiger partial charge is 0.306 e. The van der Waals surface area contributed by atoms with Crippen molar-refractivity contribution in [3.63, 3.8) is 0 Å². The van der Waals surface area contributed by atoms with Crippen molar-refractivity contribution in [2.45, 2.75) is 32.8 Å². The van der Waals surface area contributed by atoms with Crippen LogP contribution < -0.4 is 0 Å². The molecule has 98 valence electrons. The van der Waals surface area contributed by atoms with Crippen LogP contribution in [0.4, 0.5) is 0 Å². The summed E-state index contributed by atoms with van der Waals surface area (Å²) in [5.41, 5.74) is 1.10. The van der Waals surface area contributed by atoms with Gasteiger partial charge in [-0.05, 0) is 12.0 Å². The van der Waals surface area contributed by atoms with Crippen LogP contribution in [0, 0.1) is 5.41 Å². The first-order valence-corrected chi connectivity index (χ1v) is 6.39. The number of carbonyl (C=O) groups excluding carboxylic acids is 1. The van der Waals surface area contributed by atoms with Crippen molar-refractivity contribution >= 4 is 5.97 Å². The Kier molecular flexibility index (Phi) is 4.02. The molecule has 0 N–H and O–H groups in total. The maximum Gasteiger partial charge on any atom is 0.306 e. The third-order valence-corrected chi connectivity index (χ3v) is 3.27. The molecule has 0 saturated carbocycles. The molecule has 1 aliphatic rings. The fourth-order valence-corrected chi connectivity index (χ4v) is 1.82. The largest absolute Gasteiger partial charge is 0.465 e. The van der Waals surface area contributed by atoms with Crippen molar-refractivity contribution in [1.29, 1.82) is 0 Å². The minimum atomic E-state index is -0.132. The van der Waals surface area contributed by atoms with Gasteiger partial charge in [-0.1, -0.05) is 44.2 Å². The fraction of sp³-hybridized carbons (Fsp3) is 0.533. The van der Waals surface area contributed by atoms with Crippen LogP contribution in [0.1, 0.15) is 25.8 Å². The fourth-order valence-electron chi connectivity index (χ4n) is 1.82. The molecule has 0 aliphatic carbocycles. The van der Waals surface area contributed by atoms with Crippen molar-refractivity contribution in [1.82, 2.24) is 0 Å². The van der Waals surface area contributed by atoms with E-state index in [0.717, 1.165) is 13.0 Å². The Morgan fingerprint density at radius 3 is 2.67 bits per heavy atom. The molecule has 18 heavy (non-hydrogen) atoms. The summed E-state index contributed by atoms with van der Waals surface area (Å²) in [6.45, 7) is 5.35. The van der Waals surface area contributed by atoms with Gasteiger partial charge in [0.05, 0.1) is 19.3 Å². The van der Waals surface area contributed by atoms with Gasteiger partial charge in [-0.2, -0.15) is 0 Å². The molecule has 0 amide bonds. The summed E-state index contributed by atoms with van der Waals surface area (Å²) in [6, 6.07) is 9.98. The average molecular weight is 248 g/mol. The second kappa shape index (κ2) is 5.53. The molecule has 1 aromatic carbocycles. The molecule has 1 saturated heterocycles. The zero-order valence-electron chi connectivity index (χ0n) is 11.0. The highest BCUT2D eigenvalue weighted by molar-refractivity contribution is 5.69. The molecule has 3 nitrogen and oxygen atoms in total. The molecular formula is C15H20O3. The summed E-state index contributed by atoms with van der Waals surface area (Å²) in [6.07, 6.45) is 1.42. The van der Waals surface area contributed by atoms with Gasteiger partial charge in [0.15, 0.2) is 0 Å². The Morgan fingerprint density at radius 1 is 1.39 bits per heavy atom. The van der Waals surface area contributed by atoms with Crippen LogP contribution in [0.3, 0.4) is 0 Å². The van der Waals surface area contributed by atoms with Gasteiger partial charge >= 0.3 is 5.97 Å². The highest BCUT2D eigenvalue weighted by Gasteiger charge is 2.40. The van der Waals surface area contributed by atoms with Crippen LogP contribution in [0.25, 0.3) is 0 Å². The number of ether oxygens (including phenoxy) is 2. The molecule has 1 fully saturated rings.